The zero-order valence-corrected chi connectivity index (χ0v) is 17.1. The molecule has 0 bridgehead atoms. The third-order valence-electron chi connectivity index (χ3n) is 4.50. The van der Waals surface area contributed by atoms with E-state index in [4.69, 9.17) is 0 Å². The molecule has 1 N–H and O–H groups in total. The van der Waals surface area contributed by atoms with Crippen LogP contribution >= 0.6 is 11.8 Å². The maximum absolute atomic E-state index is 13.8. The van der Waals surface area contributed by atoms with Crippen molar-refractivity contribution in [1.29, 1.82) is 0 Å². The molecule has 0 unspecified atom stereocenters. The number of nitrogens with one attached hydrogen (secondary N) is 1. The molecule has 1 atom stereocenters. The van der Waals surface area contributed by atoms with Gasteiger partial charge in [0, 0.05) is 13.0 Å². The summed E-state index contributed by atoms with van der Waals surface area (Å²) in [5.74, 6) is -1.02. The lowest BCUT2D eigenvalue weighted by molar-refractivity contribution is -0.128. The number of carbonyl (C=O) groups is 2. The molecule has 2 aromatic carbocycles. The number of anilines is 1. The van der Waals surface area contributed by atoms with E-state index in [0.29, 0.717) is 11.7 Å². The summed E-state index contributed by atoms with van der Waals surface area (Å²) in [4.78, 5) is 31.6. The second kappa shape index (κ2) is 10.2. The van der Waals surface area contributed by atoms with Crippen LogP contribution in [0.3, 0.4) is 0 Å². The van der Waals surface area contributed by atoms with Crippen LogP contribution in [0.2, 0.25) is 0 Å². The number of benzene rings is 2. The second-order valence-corrected chi connectivity index (χ2v) is 7.94. The number of unbranched alkanes of at least 4 members (excludes halogenated alkanes) is 2. The standard InChI is InChI=1S/C22H24FN3O2S/c1-2-3-9-14-26-21(28)19(29-22(26)24-16-10-5-4-6-11-16)15-20(27)25-18-13-8-7-12-17(18)23/h4-8,10-13,19H,2-3,9,14-15H2,1H3,(H,25,27)/t19-/m0/s1. The number of hydrogen-bond donors (Lipinski definition) is 1. The van der Waals surface area contributed by atoms with Crippen LogP contribution in [0, 0.1) is 5.82 Å². The van der Waals surface area contributed by atoms with Crippen molar-refractivity contribution in [2.75, 3.05) is 11.9 Å². The maximum Gasteiger partial charge on any atom is 0.242 e. The Labute approximate surface area is 174 Å². The highest BCUT2D eigenvalue weighted by molar-refractivity contribution is 8.15. The summed E-state index contributed by atoms with van der Waals surface area (Å²) in [6.45, 7) is 2.69. The molecule has 0 spiro atoms. The molecule has 7 heteroatoms. The van der Waals surface area contributed by atoms with Crippen molar-refractivity contribution in [3.05, 3.63) is 60.4 Å². The van der Waals surface area contributed by atoms with E-state index in [2.05, 4.69) is 17.2 Å². The van der Waals surface area contributed by atoms with Gasteiger partial charge < -0.3 is 5.32 Å². The molecule has 0 aromatic heterocycles. The van der Waals surface area contributed by atoms with E-state index >= 15 is 0 Å². The van der Waals surface area contributed by atoms with Gasteiger partial charge in [-0.15, -0.1) is 0 Å². The van der Waals surface area contributed by atoms with Crippen LogP contribution < -0.4 is 5.32 Å². The Balaban J connectivity index is 1.72. The highest BCUT2D eigenvalue weighted by Gasteiger charge is 2.38. The van der Waals surface area contributed by atoms with E-state index in [1.807, 2.05) is 30.3 Å². The molecule has 1 heterocycles. The van der Waals surface area contributed by atoms with Crippen molar-refractivity contribution in [3.63, 3.8) is 0 Å². The fourth-order valence-corrected chi connectivity index (χ4v) is 4.18. The number of amidine groups is 1. The van der Waals surface area contributed by atoms with Gasteiger partial charge in [-0.1, -0.05) is 61.9 Å². The molecule has 1 aliphatic rings. The summed E-state index contributed by atoms with van der Waals surface area (Å²) in [5, 5.41) is 2.60. The van der Waals surface area contributed by atoms with E-state index in [9.17, 15) is 14.0 Å². The maximum atomic E-state index is 13.8. The van der Waals surface area contributed by atoms with E-state index in [1.165, 1.54) is 23.9 Å². The van der Waals surface area contributed by atoms with E-state index in [1.54, 1.807) is 17.0 Å². The van der Waals surface area contributed by atoms with Gasteiger partial charge in [-0.25, -0.2) is 9.38 Å². The minimum Gasteiger partial charge on any atom is -0.324 e. The third-order valence-corrected chi connectivity index (χ3v) is 5.68. The van der Waals surface area contributed by atoms with Crippen LogP contribution in [0.5, 0.6) is 0 Å². The molecule has 0 saturated carbocycles. The van der Waals surface area contributed by atoms with Gasteiger partial charge in [0.15, 0.2) is 5.17 Å². The van der Waals surface area contributed by atoms with Crippen molar-refractivity contribution in [1.82, 2.24) is 4.90 Å². The normalized spacial score (nSPS) is 17.7. The number of halogens is 1. The molecule has 2 aromatic rings. The smallest absolute Gasteiger partial charge is 0.242 e. The molecule has 0 aliphatic carbocycles. The summed E-state index contributed by atoms with van der Waals surface area (Å²) in [7, 11) is 0. The summed E-state index contributed by atoms with van der Waals surface area (Å²) in [6, 6.07) is 15.4. The molecule has 1 saturated heterocycles. The Bertz CT molecular complexity index is 889. The van der Waals surface area contributed by atoms with Gasteiger partial charge in [-0.2, -0.15) is 0 Å². The lowest BCUT2D eigenvalue weighted by Gasteiger charge is -2.16. The quantitative estimate of drug-likeness (QED) is 0.621. The van der Waals surface area contributed by atoms with Crippen LogP contribution in [0.4, 0.5) is 15.8 Å². The average Bonchev–Trinajstić information content (AvgIpc) is 2.99. The zero-order chi connectivity index (χ0) is 20.6. The van der Waals surface area contributed by atoms with Crippen LogP contribution in [-0.4, -0.2) is 33.7 Å². The molecule has 3 rings (SSSR count). The molecular weight excluding hydrogens is 389 g/mol. The SMILES string of the molecule is CCCCCN1C(=O)[C@H](CC(=O)Nc2ccccc2F)SC1=Nc1ccccc1. The third kappa shape index (κ3) is 5.67. The van der Waals surface area contributed by atoms with Gasteiger partial charge in [0.25, 0.3) is 0 Å². The van der Waals surface area contributed by atoms with Crippen molar-refractivity contribution in [3.8, 4) is 0 Å². The Morgan fingerprint density at radius 3 is 2.59 bits per heavy atom. The molecule has 0 radical (unpaired) electrons. The van der Waals surface area contributed by atoms with Gasteiger partial charge in [0.2, 0.25) is 11.8 Å². The average molecular weight is 414 g/mol. The Morgan fingerprint density at radius 1 is 1.14 bits per heavy atom. The minimum atomic E-state index is -0.564. The van der Waals surface area contributed by atoms with Gasteiger partial charge in [0.05, 0.1) is 11.4 Å². The topological polar surface area (TPSA) is 61.8 Å². The molecule has 2 amide bonds. The van der Waals surface area contributed by atoms with Gasteiger partial charge >= 0.3 is 0 Å². The van der Waals surface area contributed by atoms with Crippen molar-refractivity contribution in [2.24, 2.45) is 4.99 Å². The Morgan fingerprint density at radius 2 is 1.86 bits per heavy atom. The number of nitrogens with zero attached hydrogens (tertiary/aromatic N) is 2. The van der Waals surface area contributed by atoms with Crippen LogP contribution in [0.15, 0.2) is 59.6 Å². The summed E-state index contributed by atoms with van der Waals surface area (Å²) in [6.07, 6.45) is 2.92. The molecule has 1 aliphatic heterocycles. The first-order valence-electron chi connectivity index (χ1n) is 9.74. The number of carbonyl (C=O) groups excluding carboxylic acids is 2. The van der Waals surface area contributed by atoms with E-state index < -0.39 is 17.0 Å². The fraction of sp³-hybridized carbons (Fsp3) is 0.318. The number of amides is 2. The Hall–Kier alpha value is -2.67. The predicted octanol–water partition coefficient (Wildman–Crippen LogP) is 4.98. The monoisotopic (exact) mass is 413 g/mol. The van der Waals surface area contributed by atoms with Crippen molar-refractivity contribution < 1.29 is 14.0 Å². The highest BCUT2D eigenvalue weighted by Crippen LogP contribution is 2.32. The molecule has 29 heavy (non-hydrogen) atoms. The first-order valence-corrected chi connectivity index (χ1v) is 10.6. The second-order valence-electron chi connectivity index (χ2n) is 6.77. The van der Waals surface area contributed by atoms with Gasteiger partial charge in [-0.3, -0.25) is 14.5 Å². The summed E-state index contributed by atoms with van der Waals surface area (Å²) >= 11 is 1.29. The van der Waals surface area contributed by atoms with Crippen LogP contribution in [0.1, 0.15) is 32.6 Å². The lowest BCUT2D eigenvalue weighted by atomic mass is 10.2. The van der Waals surface area contributed by atoms with Gasteiger partial charge in [-0.05, 0) is 30.7 Å². The van der Waals surface area contributed by atoms with Crippen LogP contribution in [0.25, 0.3) is 0 Å². The van der Waals surface area contributed by atoms with E-state index in [-0.39, 0.29) is 18.0 Å². The van der Waals surface area contributed by atoms with Crippen LogP contribution in [-0.2, 0) is 9.59 Å². The minimum absolute atomic E-state index is 0.0318. The van der Waals surface area contributed by atoms with E-state index in [0.717, 1.165) is 24.9 Å². The number of para-hydroxylation sites is 2. The molecule has 152 valence electrons. The molecular formula is C22H24FN3O2S. The zero-order valence-electron chi connectivity index (χ0n) is 16.3. The van der Waals surface area contributed by atoms with Gasteiger partial charge in [0.1, 0.15) is 11.1 Å². The summed E-state index contributed by atoms with van der Waals surface area (Å²) in [5.41, 5.74) is 0.880. The van der Waals surface area contributed by atoms with Crippen molar-refractivity contribution >= 4 is 40.1 Å². The number of aliphatic imine (C=N–C) groups is 1. The number of rotatable bonds is 8. The number of thioether (sulfide) groups is 1. The largest absolute Gasteiger partial charge is 0.324 e. The Kier molecular flexibility index (Phi) is 7.41. The number of hydrogen-bond acceptors (Lipinski definition) is 4. The van der Waals surface area contributed by atoms with Crippen molar-refractivity contribution in [2.45, 2.75) is 37.9 Å². The first kappa shape index (κ1) is 21.0. The predicted molar refractivity (Wildman–Crippen MR) is 116 cm³/mol. The highest BCUT2D eigenvalue weighted by atomic mass is 32.2. The molecule has 5 nitrogen and oxygen atoms in total. The lowest BCUT2D eigenvalue weighted by Crippen LogP contribution is -2.34. The summed E-state index contributed by atoms with van der Waals surface area (Å²) < 4.78 is 13.8. The fourth-order valence-electron chi connectivity index (χ4n) is 3.00. The molecule has 1 fully saturated rings. The first-order chi connectivity index (χ1) is 14.1.